The van der Waals surface area contributed by atoms with Crippen molar-refractivity contribution in [2.24, 2.45) is 0 Å². The monoisotopic (exact) mass is 290 g/mol. The van der Waals surface area contributed by atoms with E-state index in [2.05, 4.69) is 10.6 Å². The van der Waals surface area contributed by atoms with Gasteiger partial charge in [-0.2, -0.15) is 0 Å². The van der Waals surface area contributed by atoms with Crippen LogP contribution in [0.4, 0.5) is 11.4 Å². The molecule has 0 aromatic heterocycles. The summed E-state index contributed by atoms with van der Waals surface area (Å²) in [5.41, 5.74) is 7.28. The number of nitrogens with zero attached hydrogens (tertiary/aromatic N) is 1. The van der Waals surface area contributed by atoms with Gasteiger partial charge in [0.15, 0.2) is 0 Å². The first-order chi connectivity index (χ1) is 9.88. The summed E-state index contributed by atoms with van der Waals surface area (Å²) in [5.74, 6) is -1.18. The highest BCUT2D eigenvalue weighted by Gasteiger charge is 2.28. The van der Waals surface area contributed by atoms with E-state index in [1.54, 1.807) is 23.1 Å². The Morgan fingerprint density at radius 1 is 1.38 bits per heavy atom. The fourth-order valence-electron chi connectivity index (χ4n) is 2.19. The van der Waals surface area contributed by atoms with Gasteiger partial charge in [0.1, 0.15) is 6.04 Å². The summed E-state index contributed by atoms with van der Waals surface area (Å²) >= 11 is 0. The van der Waals surface area contributed by atoms with Crippen LogP contribution in [0.1, 0.15) is 23.2 Å². The topological polar surface area (TPSA) is 105 Å². The smallest absolute Gasteiger partial charge is 0.254 e. The Bertz CT molecular complexity index is 598. The van der Waals surface area contributed by atoms with Crippen molar-refractivity contribution < 1.29 is 14.4 Å². The first-order valence-electron chi connectivity index (χ1n) is 6.60. The zero-order chi connectivity index (χ0) is 15.6. The Hall–Kier alpha value is -2.57. The van der Waals surface area contributed by atoms with Crippen molar-refractivity contribution in [1.29, 1.82) is 0 Å². The third-order valence-corrected chi connectivity index (χ3v) is 3.29. The van der Waals surface area contributed by atoms with E-state index < -0.39 is 11.9 Å². The van der Waals surface area contributed by atoms with Crippen LogP contribution in [-0.4, -0.2) is 37.9 Å². The molecule has 7 heteroatoms. The highest BCUT2D eigenvalue weighted by molar-refractivity contribution is 6.05. The maximum Gasteiger partial charge on any atom is 0.254 e. The lowest BCUT2D eigenvalue weighted by Gasteiger charge is -2.23. The van der Waals surface area contributed by atoms with E-state index in [0.717, 1.165) is 0 Å². The Morgan fingerprint density at radius 3 is 2.71 bits per heavy atom. The zero-order valence-corrected chi connectivity index (χ0v) is 12.0. The molecule has 7 nitrogen and oxygen atoms in total. The van der Waals surface area contributed by atoms with Crippen molar-refractivity contribution >= 4 is 29.1 Å². The minimum absolute atomic E-state index is 0.216. The van der Waals surface area contributed by atoms with Crippen LogP contribution in [0.25, 0.3) is 0 Å². The van der Waals surface area contributed by atoms with E-state index >= 15 is 0 Å². The van der Waals surface area contributed by atoms with Crippen LogP contribution in [0, 0.1) is 0 Å². The molecule has 112 valence electrons. The third kappa shape index (κ3) is 3.31. The SMILES string of the molecule is CN(C)c1ccc(N)cc1C(=O)NC1CCC(=O)NC1=O. The quantitative estimate of drug-likeness (QED) is 0.531. The average molecular weight is 290 g/mol. The molecule has 1 aromatic carbocycles. The molecule has 1 atom stereocenters. The Balaban J connectivity index is 2.19. The zero-order valence-electron chi connectivity index (χ0n) is 12.0. The number of rotatable bonds is 3. The summed E-state index contributed by atoms with van der Waals surface area (Å²) in [4.78, 5) is 36.9. The number of amides is 3. The van der Waals surface area contributed by atoms with Gasteiger partial charge < -0.3 is 16.0 Å². The molecule has 3 amide bonds. The molecule has 0 radical (unpaired) electrons. The number of piperidine rings is 1. The number of benzene rings is 1. The second-order valence-electron chi connectivity index (χ2n) is 5.15. The third-order valence-electron chi connectivity index (χ3n) is 3.29. The van der Waals surface area contributed by atoms with Gasteiger partial charge in [0.2, 0.25) is 11.8 Å². The number of nitrogen functional groups attached to an aromatic ring is 1. The lowest BCUT2D eigenvalue weighted by atomic mass is 10.0. The maximum absolute atomic E-state index is 12.4. The van der Waals surface area contributed by atoms with Crippen molar-refractivity contribution in [2.45, 2.75) is 18.9 Å². The van der Waals surface area contributed by atoms with Gasteiger partial charge in [0, 0.05) is 31.9 Å². The molecule has 1 saturated heterocycles. The summed E-state index contributed by atoms with van der Waals surface area (Å²) in [6.45, 7) is 0. The van der Waals surface area contributed by atoms with Crippen LogP contribution in [0.5, 0.6) is 0 Å². The predicted molar refractivity (Wildman–Crippen MR) is 78.8 cm³/mol. The predicted octanol–water partition coefficient (Wildman–Crippen LogP) is -0.130. The molecule has 21 heavy (non-hydrogen) atoms. The lowest BCUT2D eigenvalue weighted by molar-refractivity contribution is -0.134. The second kappa shape index (κ2) is 5.82. The lowest BCUT2D eigenvalue weighted by Crippen LogP contribution is -2.52. The number of hydrogen-bond donors (Lipinski definition) is 3. The minimum atomic E-state index is -0.702. The molecule has 1 aliphatic rings. The fraction of sp³-hybridized carbons (Fsp3) is 0.357. The van der Waals surface area contributed by atoms with E-state index in [-0.39, 0.29) is 18.2 Å². The van der Waals surface area contributed by atoms with Gasteiger partial charge >= 0.3 is 0 Å². The summed E-state index contributed by atoms with van der Waals surface area (Å²) < 4.78 is 0. The van der Waals surface area contributed by atoms with E-state index in [1.165, 1.54) is 0 Å². The summed E-state index contributed by atoms with van der Waals surface area (Å²) in [6, 6.07) is 4.32. The minimum Gasteiger partial charge on any atom is -0.399 e. The highest BCUT2D eigenvalue weighted by atomic mass is 16.2. The summed E-state index contributed by atoms with van der Waals surface area (Å²) in [6.07, 6.45) is 0.518. The van der Waals surface area contributed by atoms with Gasteiger partial charge in [-0.25, -0.2) is 0 Å². The molecule has 1 fully saturated rings. The number of nitrogens with one attached hydrogen (secondary N) is 2. The van der Waals surface area contributed by atoms with E-state index in [1.807, 2.05) is 14.1 Å². The van der Waals surface area contributed by atoms with Crippen molar-refractivity contribution in [2.75, 3.05) is 24.7 Å². The number of nitrogens with two attached hydrogens (primary N) is 1. The average Bonchev–Trinajstić information content (AvgIpc) is 2.41. The summed E-state index contributed by atoms with van der Waals surface area (Å²) in [5, 5.41) is 4.85. The highest BCUT2D eigenvalue weighted by Crippen LogP contribution is 2.21. The van der Waals surface area contributed by atoms with Crippen LogP contribution < -0.4 is 21.3 Å². The molecule has 4 N–H and O–H groups in total. The van der Waals surface area contributed by atoms with Crippen molar-refractivity contribution in [3.63, 3.8) is 0 Å². The van der Waals surface area contributed by atoms with Crippen LogP contribution in [-0.2, 0) is 9.59 Å². The normalized spacial score (nSPS) is 18.1. The molecule has 1 aliphatic heterocycles. The fourth-order valence-corrected chi connectivity index (χ4v) is 2.19. The molecule has 0 saturated carbocycles. The van der Waals surface area contributed by atoms with Gasteiger partial charge in [0.05, 0.1) is 5.56 Å². The van der Waals surface area contributed by atoms with Crippen LogP contribution in [0.3, 0.4) is 0 Å². The summed E-state index contributed by atoms with van der Waals surface area (Å²) in [7, 11) is 3.63. The van der Waals surface area contributed by atoms with E-state index in [4.69, 9.17) is 5.73 Å². The molecule has 1 heterocycles. The molecule has 2 rings (SSSR count). The standard InChI is InChI=1S/C14H18N4O3/c1-18(2)11-5-3-8(15)7-9(11)13(20)16-10-4-6-12(19)17-14(10)21/h3,5,7,10H,4,6,15H2,1-2H3,(H,16,20)(H,17,19,21). The van der Waals surface area contributed by atoms with Crippen LogP contribution in [0.15, 0.2) is 18.2 Å². The molecular formula is C14H18N4O3. The number of hydrogen-bond acceptors (Lipinski definition) is 5. The molecule has 1 aromatic rings. The van der Waals surface area contributed by atoms with Crippen LogP contribution >= 0.6 is 0 Å². The van der Waals surface area contributed by atoms with Crippen LogP contribution in [0.2, 0.25) is 0 Å². The van der Waals surface area contributed by atoms with Gasteiger partial charge in [-0.3, -0.25) is 19.7 Å². The molecule has 0 aliphatic carbocycles. The van der Waals surface area contributed by atoms with Crippen molar-refractivity contribution in [3.8, 4) is 0 Å². The molecule has 1 unspecified atom stereocenters. The van der Waals surface area contributed by atoms with E-state index in [9.17, 15) is 14.4 Å². The van der Waals surface area contributed by atoms with Crippen molar-refractivity contribution in [1.82, 2.24) is 10.6 Å². The number of anilines is 2. The van der Waals surface area contributed by atoms with Gasteiger partial charge in [0.25, 0.3) is 5.91 Å². The van der Waals surface area contributed by atoms with Gasteiger partial charge in [-0.1, -0.05) is 0 Å². The molecule has 0 bridgehead atoms. The Morgan fingerprint density at radius 2 is 2.10 bits per heavy atom. The number of carbonyl (C=O) groups excluding carboxylic acids is 3. The first-order valence-corrected chi connectivity index (χ1v) is 6.60. The first kappa shape index (κ1) is 14.8. The van der Waals surface area contributed by atoms with Crippen molar-refractivity contribution in [3.05, 3.63) is 23.8 Å². The number of imide groups is 1. The molecular weight excluding hydrogens is 272 g/mol. The second-order valence-corrected chi connectivity index (χ2v) is 5.15. The Labute approximate surface area is 122 Å². The number of carbonyl (C=O) groups is 3. The van der Waals surface area contributed by atoms with E-state index in [0.29, 0.717) is 23.4 Å². The largest absolute Gasteiger partial charge is 0.399 e. The molecule has 0 spiro atoms. The maximum atomic E-state index is 12.4. The Kier molecular flexibility index (Phi) is 4.11. The van der Waals surface area contributed by atoms with Gasteiger partial charge in [-0.15, -0.1) is 0 Å². The van der Waals surface area contributed by atoms with Gasteiger partial charge in [-0.05, 0) is 24.6 Å².